The van der Waals surface area contributed by atoms with E-state index in [4.69, 9.17) is 9.41 Å². The Kier molecular flexibility index (Phi) is 6.58. The van der Waals surface area contributed by atoms with E-state index < -0.39 is 18.0 Å². The molecule has 1 atom stereocenters. The van der Waals surface area contributed by atoms with E-state index in [0.29, 0.717) is 11.5 Å². The molecule has 5 aromatic rings. The van der Waals surface area contributed by atoms with Crippen molar-refractivity contribution in [1.82, 2.24) is 25.1 Å². The summed E-state index contributed by atoms with van der Waals surface area (Å²) in [6.07, 6.45) is -2.88. The van der Waals surface area contributed by atoms with E-state index in [0.717, 1.165) is 22.8 Å². The zero-order valence-corrected chi connectivity index (χ0v) is 21.4. The summed E-state index contributed by atoms with van der Waals surface area (Å²) in [4.78, 5) is 29.9. The predicted octanol–water partition coefficient (Wildman–Crippen LogP) is 5.32. The van der Waals surface area contributed by atoms with Gasteiger partial charge in [0.25, 0.3) is 5.89 Å². The maximum absolute atomic E-state index is 13.5. The van der Waals surface area contributed by atoms with Gasteiger partial charge < -0.3 is 9.73 Å². The van der Waals surface area contributed by atoms with E-state index in [1.807, 2.05) is 54.6 Å². The molecule has 0 saturated carbocycles. The predicted molar refractivity (Wildman–Crippen MR) is 143 cm³/mol. The quantitative estimate of drug-likeness (QED) is 0.310. The molecule has 1 aliphatic rings. The minimum Gasteiger partial charge on any atom is -0.403 e. The van der Waals surface area contributed by atoms with Crippen LogP contribution in [0.3, 0.4) is 0 Å². The van der Waals surface area contributed by atoms with Crippen LogP contribution in [-0.4, -0.2) is 42.8 Å². The average Bonchev–Trinajstić information content (AvgIpc) is 3.38. The zero-order valence-electron chi connectivity index (χ0n) is 21.4. The number of aryl methyl sites for hydroxylation is 1. The summed E-state index contributed by atoms with van der Waals surface area (Å²) in [7, 11) is 0. The first-order valence-electron chi connectivity index (χ1n) is 12.5. The summed E-state index contributed by atoms with van der Waals surface area (Å²) in [5.74, 6) is 0.106. The normalized spacial score (nSPS) is 15.2. The van der Waals surface area contributed by atoms with Crippen molar-refractivity contribution in [3.05, 3.63) is 107 Å². The number of aromatic nitrogens is 5. The molecule has 12 heteroatoms. The molecule has 0 amide bonds. The van der Waals surface area contributed by atoms with Crippen molar-refractivity contribution >= 4 is 17.5 Å². The average molecular weight is 556 g/mol. The van der Waals surface area contributed by atoms with Gasteiger partial charge in [0.05, 0.1) is 17.0 Å². The number of carbonyl (C=O) groups is 1. The second-order valence-corrected chi connectivity index (χ2v) is 9.21. The number of pyridine rings is 1. The number of benzene rings is 2. The van der Waals surface area contributed by atoms with E-state index in [1.54, 1.807) is 6.92 Å². The molecule has 0 fully saturated rings. The molecule has 0 spiro atoms. The van der Waals surface area contributed by atoms with Crippen LogP contribution in [0.25, 0.3) is 22.7 Å². The lowest BCUT2D eigenvalue weighted by atomic mass is 9.96. The fourth-order valence-corrected chi connectivity index (χ4v) is 4.43. The van der Waals surface area contributed by atoms with Gasteiger partial charge >= 0.3 is 12.2 Å². The second-order valence-electron chi connectivity index (χ2n) is 9.21. The van der Waals surface area contributed by atoms with Gasteiger partial charge in [-0.1, -0.05) is 59.7 Å². The standard InChI is InChI=1S/C29H20F3N7O2/c1-16-33-14-19(15-34-16)25-21(11-12-23(35-25)29(30,31)32)27-38-39-28(41-27)37-26-22(40)13-18-9-5-6-10-20(18)24(36-26)17-7-3-2-4-8-17/h2-12,14-15,26H,13H2,1H3,(H,37,39)/t26-/m1/s1. The van der Waals surface area contributed by atoms with Crippen LogP contribution in [0.15, 0.2) is 88.5 Å². The minimum atomic E-state index is -4.67. The fourth-order valence-electron chi connectivity index (χ4n) is 4.43. The Labute approximate surface area is 231 Å². The first-order valence-corrected chi connectivity index (χ1v) is 12.5. The number of anilines is 1. The van der Waals surface area contributed by atoms with Crippen molar-refractivity contribution in [2.45, 2.75) is 25.7 Å². The largest absolute Gasteiger partial charge is 0.433 e. The van der Waals surface area contributed by atoms with Crippen LogP contribution in [0.4, 0.5) is 19.2 Å². The van der Waals surface area contributed by atoms with Gasteiger partial charge in [-0.05, 0) is 24.6 Å². The first-order chi connectivity index (χ1) is 19.8. The lowest BCUT2D eigenvalue weighted by Crippen LogP contribution is -2.29. The molecule has 6 rings (SSSR count). The molecule has 0 radical (unpaired) electrons. The Morgan fingerprint density at radius 1 is 0.878 bits per heavy atom. The Morgan fingerprint density at radius 2 is 1.61 bits per heavy atom. The molecule has 1 aliphatic heterocycles. The number of alkyl halides is 3. The van der Waals surface area contributed by atoms with Crippen LogP contribution in [0.5, 0.6) is 0 Å². The molecule has 4 heterocycles. The summed E-state index contributed by atoms with van der Waals surface area (Å²) < 4.78 is 46.2. The van der Waals surface area contributed by atoms with E-state index in [2.05, 4.69) is 30.5 Å². The summed E-state index contributed by atoms with van der Waals surface area (Å²) >= 11 is 0. The SMILES string of the molecule is Cc1ncc(-c2nc(C(F)(F)F)ccc2-c2nnc(N[C@H]3N=C(c4ccccc4)c4ccccc4CC3=O)o2)cn1. The Hall–Kier alpha value is -5.26. The van der Waals surface area contributed by atoms with Crippen LogP contribution in [-0.2, 0) is 17.4 Å². The van der Waals surface area contributed by atoms with Gasteiger partial charge in [-0.2, -0.15) is 13.2 Å². The topological polar surface area (TPSA) is 119 Å². The Morgan fingerprint density at radius 3 is 2.37 bits per heavy atom. The Bertz CT molecular complexity index is 1770. The molecule has 0 saturated heterocycles. The fraction of sp³-hybridized carbons (Fsp3) is 0.138. The molecule has 204 valence electrons. The lowest BCUT2D eigenvalue weighted by molar-refractivity contribution is -0.141. The van der Waals surface area contributed by atoms with Crippen molar-refractivity contribution in [3.63, 3.8) is 0 Å². The van der Waals surface area contributed by atoms with Gasteiger partial charge in [0, 0.05) is 35.5 Å². The number of ketones is 1. The molecule has 1 N–H and O–H groups in total. The van der Waals surface area contributed by atoms with Crippen LogP contribution in [0, 0.1) is 6.92 Å². The van der Waals surface area contributed by atoms with Gasteiger partial charge in [-0.15, -0.1) is 5.10 Å². The highest BCUT2D eigenvalue weighted by Gasteiger charge is 2.34. The number of hydrogen-bond acceptors (Lipinski definition) is 9. The first kappa shape index (κ1) is 26.0. The third kappa shape index (κ3) is 5.31. The number of fused-ring (bicyclic) bond motifs is 1. The zero-order chi connectivity index (χ0) is 28.6. The number of aliphatic imine (C=N–C) groups is 1. The summed E-state index contributed by atoms with van der Waals surface area (Å²) in [5.41, 5.74) is 2.31. The number of nitrogens with one attached hydrogen (secondary N) is 1. The molecular weight excluding hydrogens is 535 g/mol. The monoisotopic (exact) mass is 555 g/mol. The molecule has 0 aliphatic carbocycles. The summed E-state index contributed by atoms with van der Waals surface area (Å²) in [6.45, 7) is 1.65. The van der Waals surface area contributed by atoms with Gasteiger partial charge in [-0.25, -0.2) is 15.0 Å². The maximum atomic E-state index is 13.5. The highest BCUT2D eigenvalue weighted by molar-refractivity contribution is 6.16. The number of carbonyl (C=O) groups excluding carboxylic acids is 1. The minimum absolute atomic E-state index is 0.0830. The molecule has 9 nitrogen and oxygen atoms in total. The van der Waals surface area contributed by atoms with Crippen molar-refractivity contribution in [2.24, 2.45) is 4.99 Å². The molecule has 0 unspecified atom stereocenters. The molecular formula is C29H20F3N7O2. The van der Waals surface area contributed by atoms with E-state index in [1.165, 1.54) is 18.5 Å². The van der Waals surface area contributed by atoms with Gasteiger partial charge in [-0.3, -0.25) is 9.79 Å². The maximum Gasteiger partial charge on any atom is 0.433 e. The molecule has 3 aromatic heterocycles. The lowest BCUT2D eigenvalue weighted by Gasteiger charge is -2.12. The number of Topliss-reactive ketones (excluding diaryl/α,β-unsaturated/α-hetero) is 1. The summed E-state index contributed by atoms with van der Waals surface area (Å²) in [6, 6.07) is 18.9. The van der Waals surface area contributed by atoms with Crippen LogP contribution in [0.1, 0.15) is 28.2 Å². The van der Waals surface area contributed by atoms with Crippen molar-refractivity contribution < 1.29 is 22.4 Å². The number of nitrogens with zero attached hydrogens (tertiary/aromatic N) is 6. The van der Waals surface area contributed by atoms with Gasteiger partial charge in [0.2, 0.25) is 0 Å². The van der Waals surface area contributed by atoms with Gasteiger partial charge in [0.15, 0.2) is 11.9 Å². The van der Waals surface area contributed by atoms with Crippen molar-refractivity contribution in [2.75, 3.05) is 5.32 Å². The smallest absolute Gasteiger partial charge is 0.403 e. The third-order valence-electron chi connectivity index (χ3n) is 6.40. The van der Waals surface area contributed by atoms with E-state index in [9.17, 15) is 18.0 Å². The van der Waals surface area contributed by atoms with Gasteiger partial charge in [0.1, 0.15) is 11.5 Å². The third-order valence-corrected chi connectivity index (χ3v) is 6.40. The number of hydrogen-bond donors (Lipinski definition) is 1. The van der Waals surface area contributed by atoms with Crippen molar-refractivity contribution in [3.8, 4) is 22.7 Å². The number of halogens is 3. The van der Waals surface area contributed by atoms with Crippen molar-refractivity contribution in [1.29, 1.82) is 0 Å². The van der Waals surface area contributed by atoms with Crippen LogP contribution >= 0.6 is 0 Å². The summed E-state index contributed by atoms with van der Waals surface area (Å²) in [5, 5.41) is 10.9. The second kappa shape index (κ2) is 10.4. The van der Waals surface area contributed by atoms with Crippen LogP contribution < -0.4 is 5.32 Å². The molecule has 2 aromatic carbocycles. The highest BCUT2D eigenvalue weighted by atomic mass is 19.4. The van der Waals surface area contributed by atoms with E-state index >= 15 is 0 Å². The molecule has 41 heavy (non-hydrogen) atoms. The Balaban J connectivity index is 1.37. The highest BCUT2D eigenvalue weighted by Crippen LogP contribution is 2.35. The number of rotatable bonds is 5. The van der Waals surface area contributed by atoms with E-state index in [-0.39, 0.29) is 40.9 Å². The van der Waals surface area contributed by atoms with Crippen LogP contribution in [0.2, 0.25) is 0 Å². The molecule has 0 bridgehead atoms.